The molecule has 26 heavy (non-hydrogen) atoms. The lowest BCUT2D eigenvalue weighted by Gasteiger charge is -2.20. The first-order valence-electron chi connectivity index (χ1n) is 8.73. The van der Waals surface area contributed by atoms with Crippen molar-refractivity contribution in [2.24, 2.45) is 5.92 Å². The number of anilines is 1. The molecule has 0 radical (unpaired) electrons. The Morgan fingerprint density at radius 2 is 2.00 bits per heavy atom. The van der Waals surface area contributed by atoms with E-state index in [1.54, 1.807) is 6.07 Å². The van der Waals surface area contributed by atoms with Gasteiger partial charge in [0.2, 0.25) is 0 Å². The van der Waals surface area contributed by atoms with Gasteiger partial charge in [0.05, 0.1) is 11.3 Å². The number of amides is 1. The summed E-state index contributed by atoms with van der Waals surface area (Å²) in [7, 11) is 0. The van der Waals surface area contributed by atoms with Crippen molar-refractivity contribution < 1.29 is 18.0 Å². The number of hydrogen-bond acceptors (Lipinski definition) is 3. The summed E-state index contributed by atoms with van der Waals surface area (Å²) in [6.07, 6.45) is 2.57. The minimum atomic E-state index is -4.53. The first-order valence-corrected chi connectivity index (χ1v) is 8.73. The first kappa shape index (κ1) is 18.4. The van der Waals surface area contributed by atoms with Gasteiger partial charge in [0.1, 0.15) is 5.69 Å². The molecule has 0 aromatic carbocycles. The second-order valence-electron chi connectivity index (χ2n) is 6.77. The molecular weight excluding hydrogens is 345 g/mol. The monoisotopic (exact) mass is 366 g/mol. The average molecular weight is 366 g/mol. The van der Waals surface area contributed by atoms with Crippen LogP contribution in [0.5, 0.6) is 0 Å². The molecule has 2 aromatic rings. The third-order valence-electron chi connectivity index (χ3n) is 4.73. The van der Waals surface area contributed by atoms with Gasteiger partial charge in [-0.2, -0.15) is 18.3 Å². The largest absolute Gasteiger partial charge is 0.433 e. The van der Waals surface area contributed by atoms with E-state index in [1.165, 1.54) is 39.0 Å². The molecule has 2 heterocycles. The summed E-state index contributed by atoms with van der Waals surface area (Å²) < 4.78 is 38.0. The van der Waals surface area contributed by atoms with E-state index in [0.29, 0.717) is 11.7 Å². The Morgan fingerprint density at radius 1 is 1.27 bits per heavy atom. The van der Waals surface area contributed by atoms with Crippen LogP contribution in [0.2, 0.25) is 0 Å². The highest BCUT2D eigenvalue weighted by Crippen LogP contribution is 2.29. The molecule has 0 unspecified atom stereocenters. The molecule has 1 amide bonds. The summed E-state index contributed by atoms with van der Waals surface area (Å²) in [6.45, 7) is 1.38. The smallest absolute Gasteiger partial charge is 0.305 e. The van der Waals surface area contributed by atoms with Crippen molar-refractivity contribution in [3.05, 3.63) is 40.8 Å². The Morgan fingerprint density at radius 3 is 2.65 bits per heavy atom. The molecule has 2 N–H and O–H groups in total. The highest BCUT2D eigenvalue weighted by atomic mass is 19.4. The number of aromatic nitrogens is 3. The molecule has 140 valence electrons. The number of carbonyl (C=O) groups excluding carboxylic acids is 1. The Kier molecular flexibility index (Phi) is 5.29. The van der Waals surface area contributed by atoms with Crippen molar-refractivity contribution in [3.63, 3.8) is 0 Å². The lowest BCUT2D eigenvalue weighted by Crippen LogP contribution is -2.16. The van der Waals surface area contributed by atoms with Crippen molar-refractivity contribution in [1.29, 1.82) is 0 Å². The van der Waals surface area contributed by atoms with Crippen LogP contribution in [0, 0.1) is 12.8 Å². The fourth-order valence-electron chi connectivity index (χ4n) is 3.38. The molecule has 1 fully saturated rings. The summed E-state index contributed by atoms with van der Waals surface area (Å²) in [5, 5.41) is 9.61. The third kappa shape index (κ3) is 4.42. The van der Waals surface area contributed by atoms with E-state index in [2.05, 4.69) is 20.5 Å². The molecule has 8 heteroatoms. The number of H-pyrrole nitrogens is 1. The quantitative estimate of drug-likeness (QED) is 0.836. The van der Waals surface area contributed by atoms with Crippen LogP contribution in [-0.4, -0.2) is 21.1 Å². The number of pyridine rings is 1. The summed E-state index contributed by atoms with van der Waals surface area (Å²) in [5.41, 5.74) is 0.0562. The van der Waals surface area contributed by atoms with Gasteiger partial charge in [-0.25, -0.2) is 4.98 Å². The van der Waals surface area contributed by atoms with Crippen molar-refractivity contribution in [2.75, 3.05) is 5.32 Å². The van der Waals surface area contributed by atoms with Crippen molar-refractivity contribution >= 4 is 11.7 Å². The van der Waals surface area contributed by atoms with Gasteiger partial charge >= 0.3 is 6.18 Å². The van der Waals surface area contributed by atoms with Gasteiger partial charge in [-0.3, -0.25) is 9.89 Å². The SMILES string of the molecule is Cc1nc(C(F)(F)F)ccc1C(=O)Nc1cc(CC2CCCCC2)[nH]n1. The molecule has 5 nitrogen and oxygen atoms in total. The fraction of sp³-hybridized carbons (Fsp3) is 0.500. The van der Waals surface area contributed by atoms with E-state index in [9.17, 15) is 18.0 Å². The maximum absolute atomic E-state index is 12.7. The van der Waals surface area contributed by atoms with Crippen LogP contribution in [0.1, 0.15) is 59.5 Å². The van der Waals surface area contributed by atoms with E-state index in [-0.39, 0.29) is 11.3 Å². The molecule has 1 aliphatic rings. The molecule has 1 aliphatic carbocycles. The van der Waals surface area contributed by atoms with Crippen molar-refractivity contribution in [1.82, 2.24) is 15.2 Å². The zero-order chi connectivity index (χ0) is 18.7. The normalized spacial score (nSPS) is 15.8. The molecule has 3 rings (SSSR count). The summed E-state index contributed by atoms with van der Waals surface area (Å²) in [6, 6.07) is 3.72. The van der Waals surface area contributed by atoms with Crippen LogP contribution in [0.15, 0.2) is 18.2 Å². The van der Waals surface area contributed by atoms with Crippen LogP contribution >= 0.6 is 0 Å². The first-order chi connectivity index (χ1) is 12.3. The van der Waals surface area contributed by atoms with Crippen molar-refractivity contribution in [2.45, 2.75) is 51.6 Å². The van der Waals surface area contributed by atoms with Gasteiger partial charge in [0.15, 0.2) is 5.82 Å². The lowest BCUT2D eigenvalue weighted by atomic mass is 9.86. The molecule has 0 spiro atoms. The van der Waals surface area contributed by atoms with Crippen LogP contribution in [-0.2, 0) is 12.6 Å². The third-order valence-corrected chi connectivity index (χ3v) is 4.73. The topological polar surface area (TPSA) is 70.7 Å². The minimum Gasteiger partial charge on any atom is -0.305 e. The van der Waals surface area contributed by atoms with Crippen molar-refractivity contribution in [3.8, 4) is 0 Å². The van der Waals surface area contributed by atoms with Gasteiger partial charge in [-0.1, -0.05) is 32.1 Å². The summed E-state index contributed by atoms with van der Waals surface area (Å²) >= 11 is 0. The number of halogens is 3. The number of aromatic amines is 1. The number of nitrogens with one attached hydrogen (secondary N) is 2. The van der Waals surface area contributed by atoms with E-state index in [0.717, 1.165) is 24.2 Å². The molecule has 0 bridgehead atoms. The van der Waals surface area contributed by atoms with Crippen LogP contribution in [0.25, 0.3) is 0 Å². The van der Waals surface area contributed by atoms with Crippen LogP contribution in [0.4, 0.5) is 19.0 Å². The van der Waals surface area contributed by atoms with Gasteiger partial charge < -0.3 is 5.32 Å². The molecule has 0 saturated heterocycles. The maximum atomic E-state index is 12.7. The molecular formula is C18H21F3N4O. The standard InChI is InChI=1S/C18H21F3N4O/c1-11-14(7-8-15(22-11)18(19,20)21)17(26)23-16-10-13(24-25-16)9-12-5-3-2-4-6-12/h7-8,10,12H,2-6,9H2,1H3,(H2,23,24,25,26). The average Bonchev–Trinajstić information content (AvgIpc) is 3.01. The predicted octanol–water partition coefficient (Wildman–Crippen LogP) is 4.51. The Labute approximate surface area is 149 Å². The van der Waals surface area contributed by atoms with E-state index in [4.69, 9.17) is 0 Å². The Hall–Kier alpha value is -2.38. The predicted molar refractivity (Wildman–Crippen MR) is 90.8 cm³/mol. The molecule has 1 saturated carbocycles. The molecule has 0 aliphatic heterocycles. The number of alkyl halides is 3. The van der Waals surface area contributed by atoms with Gasteiger partial charge in [-0.05, 0) is 31.4 Å². The second-order valence-corrected chi connectivity index (χ2v) is 6.77. The maximum Gasteiger partial charge on any atom is 0.433 e. The number of carbonyl (C=O) groups is 1. The number of rotatable bonds is 4. The van der Waals surface area contributed by atoms with E-state index < -0.39 is 17.8 Å². The number of hydrogen-bond donors (Lipinski definition) is 2. The summed E-state index contributed by atoms with van der Waals surface area (Å²) in [4.78, 5) is 15.8. The zero-order valence-electron chi connectivity index (χ0n) is 14.5. The zero-order valence-corrected chi connectivity index (χ0v) is 14.5. The lowest BCUT2D eigenvalue weighted by molar-refractivity contribution is -0.141. The van der Waals surface area contributed by atoms with Crippen LogP contribution < -0.4 is 5.32 Å². The van der Waals surface area contributed by atoms with Gasteiger partial charge in [0, 0.05) is 11.8 Å². The van der Waals surface area contributed by atoms with Gasteiger partial charge in [0.25, 0.3) is 5.91 Å². The van der Waals surface area contributed by atoms with E-state index >= 15 is 0 Å². The highest BCUT2D eigenvalue weighted by Gasteiger charge is 2.33. The van der Waals surface area contributed by atoms with Crippen LogP contribution in [0.3, 0.4) is 0 Å². The molecule has 2 aromatic heterocycles. The highest BCUT2D eigenvalue weighted by molar-refractivity contribution is 6.04. The summed E-state index contributed by atoms with van der Waals surface area (Å²) in [5.74, 6) is 0.466. The second kappa shape index (κ2) is 7.47. The minimum absolute atomic E-state index is 0.0234. The molecule has 0 atom stereocenters. The Balaban J connectivity index is 1.65. The number of nitrogens with zero attached hydrogens (tertiary/aromatic N) is 2. The Bertz CT molecular complexity index is 779. The van der Waals surface area contributed by atoms with E-state index in [1.807, 2.05) is 0 Å². The van der Waals surface area contributed by atoms with Gasteiger partial charge in [-0.15, -0.1) is 0 Å². The number of aryl methyl sites for hydroxylation is 1. The fourth-order valence-corrected chi connectivity index (χ4v) is 3.38.